The van der Waals surface area contributed by atoms with E-state index in [-0.39, 0.29) is 12.5 Å². The Kier molecular flexibility index (Phi) is 7.27. The van der Waals surface area contributed by atoms with Gasteiger partial charge < -0.3 is 15.2 Å². The molecule has 5 nitrogen and oxygen atoms in total. The lowest BCUT2D eigenvalue weighted by molar-refractivity contribution is -0.146. The molecule has 0 radical (unpaired) electrons. The number of hydrogen-bond acceptors (Lipinski definition) is 5. The standard InChI is InChI=1S/C25H31NO4/c1-3-5-15-25(26,16-6-4-2)23(27)30-24(28)29-17-22-20-13-9-7-11-18(20)19-12-8-10-14-21(19)22/h7-14,22H,3-6,15-17,26H2,1-2H3. The lowest BCUT2D eigenvalue weighted by atomic mass is 9.88. The predicted molar refractivity (Wildman–Crippen MR) is 117 cm³/mol. The third kappa shape index (κ3) is 4.73. The van der Waals surface area contributed by atoms with Crippen LogP contribution in [0.4, 0.5) is 4.79 Å². The van der Waals surface area contributed by atoms with Crippen LogP contribution in [0.25, 0.3) is 11.1 Å². The summed E-state index contributed by atoms with van der Waals surface area (Å²) in [5, 5.41) is 0. The van der Waals surface area contributed by atoms with Crippen molar-refractivity contribution >= 4 is 12.1 Å². The number of esters is 1. The van der Waals surface area contributed by atoms with Crippen LogP contribution in [0.3, 0.4) is 0 Å². The van der Waals surface area contributed by atoms with E-state index < -0.39 is 17.7 Å². The molecule has 0 atom stereocenters. The van der Waals surface area contributed by atoms with E-state index in [1.165, 1.54) is 0 Å². The minimum Gasteiger partial charge on any atom is -0.433 e. The fourth-order valence-corrected chi connectivity index (χ4v) is 4.11. The van der Waals surface area contributed by atoms with Gasteiger partial charge in [-0.15, -0.1) is 0 Å². The van der Waals surface area contributed by atoms with Gasteiger partial charge in [0.2, 0.25) is 0 Å². The van der Waals surface area contributed by atoms with Crippen LogP contribution in [0.1, 0.15) is 69.4 Å². The zero-order chi connectivity index (χ0) is 21.6. The Bertz CT molecular complexity index is 839. The van der Waals surface area contributed by atoms with E-state index in [0.29, 0.717) is 12.8 Å². The quantitative estimate of drug-likeness (QED) is 0.433. The summed E-state index contributed by atoms with van der Waals surface area (Å²) < 4.78 is 10.4. The number of carbonyl (C=O) groups excluding carboxylic acids is 2. The van der Waals surface area contributed by atoms with E-state index in [4.69, 9.17) is 15.2 Å². The van der Waals surface area contributed by atoms with Crippen LogP contribution < -0.4 is 5.73 Å². The molecule has 2 aromatic carbocycles. The van der Waals surface area contributed by atoms with Crippen molar-refractivity contribution in [2.24, 2.45) is 5.73 Å². The lowest BCUT2D eigenvalue weighted by Crippen LogP contribution is -2.49. The first-order chi connectivity index (χ1) is 14.5. The van der Waals surface area contributed by atoms with Gasteiger partial charge in [0.05, 0.1) is 0 Å². The summed E-state index contributed by atoms with van der Waals surface area (Å²) in [4.78, 5) is 24.9. The Hall–Kier alpha value is -2.66. The number of carbonyl (C=O) groups is 2. The topological polar surface area (TPSA) is 78.6 Å². The number of fused-ring (bicyclic) bond motifs is 3. The van der Waals surface area contributed by atoms with Crippen molar-refractivity contribution in [1.29, 1.82) is 0 Å². The average molecular weight is 410 g/mol. The summed E-state index contributed by atoms with van der Waals surface area (Å²) >= 11 is 0. The molecule has 0 saturated carbocycles. The second-order valence-corrected chi connectivity index (χ2v) is 8.04. The molecule has 160 valence electrons. The summed E-state index contributed by atoms with van der Waals surface area (Å²) in [6, 6.07) is 16.2. The molecule has 1 aliphatic rings. The Morgan fingerprint density at radius 1 is 0.900 bits per heavy atom. The molecule has 0 fully saturated rings. The van der Waals surface area contributed by atoms with Gasteiger partial charge in [0.15, 0.2) is 0 Å². The largest absolute Gasteiger partial charge is 0.516 e. The van der Waals surface area contributed by atoms with Crippen molar-refractivity contribution in [2.45, 2.75) is 63.8 Å². The molecular weight excluding hydrogens is 378 g/mol. The van der Waals surface area contributed by atoms with E-state index in [0.717, 1.165) is 47.9 Å². The molecule has 1 aliphatic carbocycles. The van der Waals surface area contributed by atoms with Crippen LogP contribution in [0, 0.1) is 0 Å². The molecule has 0 saturated heterocycles. The van der Waals surface area contributed by atoms with Gasteiger partial charge in [-0.25, -0.2) is 9.59 Å². The number of rotatable bonds is 9. The Balaban J connectivity index is 1.65. The summed E-state index contributed by atoms with van der Waals surface area (Å²) in [6.07, 6.45) is 3.47. The summed E-state index contributed by atoms with van der Waals surface area (Å²) in [5.74, 6) is -0.774. The Labute approximate surface area is 178 Å². The van der Waals surface area contributed by atoms with Gasteiger partial charge in [0, 0.05) is 5.92 Å². The smallest absolute Gasteiger partial charge is 0.433 e. The fraction of sp³-hybridized carbons (Fsp3) is 0.440. The number of unbranched alkanes of at least 4 members (excludes halogenated alkanes) is 2. The number of nitrogens with two attached hydrogens (primary N) is 1. The van der Waals surface area contributed by atoms with Crippen molar-refractivity contribution in [3.05, 3.63) is 59.7 Å². The monoisotopic (exact) mass is 409 g/mol. The number of benzene rings is 2. The van der Waals surface area contributed by atoms with Gasteiger partial charge in [-0.1, -0.05) is 88.1 Å². The maximum atomic E-state index is 12.6. The molecule has 0 amide bonds. The van der Waals surface area contributed by atoms with Crippen LogP contribution in [0.15, 0.2) is 48.5 Å². The molecule has 0 bridgehead atoms. The molecule has 2 N–H and O–H groups in total. The molecular formula is C25H31NO4. The first-order valence-electron chi connectivity index (χ1n) is 10.9. The maximum Gasteiger partial charge on any atom is 0.516 e. The van der Waals surface area contributed by atoms with E-state index >= 15 is 0 Å². The number of ether oxygens (including phenoxy) is 2. The van der Waals surface area contributed by atoms with Crippen molar-refractivity contribution in [2.75, 3.05) is 6.61 Å². The minimum absolute atomic E-state index is 0.0807. The van der Waals surface area contributed by atoms with E-state index in [2.05, 4.69) is 12.1 Å². The van der Waals surface area contributed by atoms with Crippen molar-refractivity contribution in [3.63, 3.8) is 0 Å². The lowest BCUT2D eigenvalue weighted by Gasteiger charge is -2.26. The van der Waals surface area contributed by atoms with Crippen LogP contribution in [0.5, 0.6) is 0 Å². The normalized spacial score (nSPS) is 12.9. The summed E-state index contributed by atoms with van der Waals surface area (Å²) in [6.45, 7) is 4.19. The highest BCUT2D eigenvalue weighted by atomic mass is 16.7. The minimum atomic E-state index is -1.14. The molecule has 5 heteroatoms. The molecule has 30 heavy (non-hydrogen) atoms. The molecule has 0 heterocycles. The third-order valence-electron chi connectivity index (χ3n) is 5.87. The summed E-state index contributed by atoms with van der Waals surface area (Å²) in [5.41, 5.74) is 9.69. The van der Waals surface area contributed by atoms with Crippen molar-refractivity contribution < 1.29 is 19.1 Å². The SMILES string of the molecule is CCCCC(N)(CCCC)C(=O)OC(=O)OCC1c2ccccc2-c2ccccc21. The van der Waals surface area contributed by atoms with Crippen LogP contribution >= 0.6 is 0 Å². The third-order valence-corrected chi connectivity index (χ3v) is 5.87. The second kappa shape index (κ2) is 9.90. The Morgan fingerprint density at radius 3 is 1.90 bits per heavy atom. The molecule has 0 aromatic heterocycles. The highest BCUT2D eigenvalue weighted by molar-refractivity contribution is 5.88. The van der Waals surface area contributed by atoms with E-state index in [9.17, 15) is 9.59 Å². The zero-order valence-electron chi connectivity index (χ0n) is 17.9. The first kappa shape index (κ1) is 22.0. The maximum absolute atomic E-state index is 12.6. The molecule has 3 rings (SSSR count). The van der Waals surface area contributed by atoms with Crippen molar-refractivity contribution in [1.82, 2.24) is 0 Å². The zero-order valence-corrected chi connectivity index (χ0v) is 17.9. The molecule has 2 aromatic rings. The van der Waals surface area contributed by atoms with Gasteiger partial charge in [-0.2, -0.15) is 0 Å². The van der Waals surface area contributed by atoms with Gasteiger partial charge in [-0.3, -0.25) is 0 Å². The molecule has 0 unspecified atom stereocenters. The molecule has 0 aliphatic heterocycles. The van der Waals surface area contributed by atoms with Crippen LogP contribution in [-0.2, 0) is 14.3 Å². The van der Waals surface area contributed by atoms with E-state index in [1.807, 2.05) is 50.2 Å². The van der Waals surface area contributed by atoms with E-state index in [1.54, 1.807) is 0 Å². The first-order valence-corrected chi connectivity index (χ1v) is 10.9. The van der Waals surface area contributed by atoms with Crippen LogP contribution in [0.2, 0.25) is 0 Å². The fourth-order valence-electron chi connectivity index (χ4n) is 4.11. The highest BCUT2D eigenvalue weighted by Gasteiger charge is 2.37. The summed E-state index contributed by atoms with van der Waals surface area (Å²) in [7, 11) is 0. The second-order valence-electron chi connectivity index (χ2n) is 8.04. The van der Waals surface area contributed by atoms with Gasteiger partial charge in [0.25, 0.3) is 0 Å². The van der Waals surface area contributed by atoms with Gasteiger partial charge in [0.1, 0.15) is 12.1 Å². The Morgan fingerprint density at radius 2 is 1.40 bits per heavy atom. The predicted octanol–water partition coefficient (Wildman–Crippen LogP) is 5.56. The van der Waals surface area contributed by atoms with Crippen LogP contribution in [-0.4, -0.2) is 24.3 Å². The van der Waals surface area contributed by atoms with Crippen molar-refractivity contribution in [3.8, 4) is 11.1 Å². The van der Waals surface area contributed by atoms with Gasteiger partial charge in [-0.05, 0) is 35.1 Å². The number of hydrogen-bond donors (Lipinski definition) is 1. The molecule has 0 spiro atoms. The highest BCUT2D eigenvalue weighted by Crippen LogP contribution is 2.44. The van der Waals surface area contributed by atoms with Gasteiger partial charge >= 0.3 is 12.1 Å². The average Bonchev–Trinajstić information content (AvgIpc) is 3.08.